The van der Waals surface area contributed by atoms with Gasteiger partial charge in [-0.1, -0.05) is 48.5 Å². The highest BCUT2D eigenvalue weighted by molar-refractivity contribution is 5.83. The second kappa shape index (κ2) is 10.3. The summed E-state index contributed by atoms with van der Waals surface area (Å²) in [4.78, 5) is 20.2. The molecule has 0 radical (unpaired) electrons. The van der Waals surface area contributed by atoms with E-state index in [2.05, 4.69) is 15.2 Å². The molecule has 0 saturated carbocycles. The number of nitrogens with one attached hydrogen (secondary N) is 1. The van der Waals surface area contributed by atoms with E-state index in [1.165, 1.54) is 6.07 Å². The molecule has 1 N–H and O–H groups in total. The second-order valence-corrected chi connectivity index (χ2v) is 9.36. The highest BCUT2D eigenvalue weighted by atomic mass is 19.1. The van der Waals surface area contributed by atoms with Gasteiger partial charge in [0.25, 0.3) is 0 Å². The molecule has 3 aromatic rings. The van der Waals surface area contributed by atoms with E-state index in [0.717, 1.165) is 49.3 Å². The number of benzene rings is 2. The third-order valence-corrected chi connectivity index (χ3v) is 6.51. The van der Waals surface area contributed by atoms with E-state index >= 15 is 0 Å². The minimum absolute atomic E-state index is 0.101. The normalized spacial score (nSPS) is 16.0. The molecule has 1 aromatic heterocycles. The molecule has 1 amide bonds. The number of hydrogen-bond acceptors (Lipinski definition) is 3. The van der Waals surface area contributed by atoms with Gasteiger partial charge in [-0.3, -0.25) is 14.7 Å². The first-order chi connectivity index (χ1) is 15.9. The summed E-state index contributed by atoms with van der Waals surface area (Å²) < 4.78 is 14.2. The molecule has 1 aliphatic heterocycles. The highest BCUT2D eigenvalue weighted by Crippen LogP contribution is 2.37. The van der Waals surface area contributed by atoms with Crippen LogP contribution in [0.15, 0.2) is 72.9 Å². The Labute approximate surface area is 195 Å². The monoisotopic (exact) mass is 445 g/mol. The number of rotatable bonds is 7. The number of hydrogen-bond donors (Lipinski definition) is 1. The highest BCUT2D eigenvalue weighted by Gasteiger charge is 2.41. The lowest BCUT2D eigenvalue weighted by Gasteiger charge is -2.41. The number of carbonyl (C=O) groups excluding carboxylic acids is 1. The van der Waals surface area contributed by atoms with Crippen molar-refractivity contribution >= 4 is 5.91 Å². The molecule has 33 heavy (non-hydrogen) atoms. The molecule has 1 saturated heterocycles. The Hall–Kier alpha value is -3.05. The Morgan fingerprint density at radius 1 is 1.03 bits per heavy atom. The van der Waals surface area contributed by atoms with Crippen molar-refractivity contribution in [2.45, 2.75) is 45.7 Å². The van der Waals surface area contributed by atoms with Gasteiger partial charge in [0.15, 0.2) is 0 Å². The fourth-order valence-corrected chi connectivity index (χ4v) is 4.65. The first-order valence-electron chi connectivity index (χ1n) is 11.7. The Kier molecular flexibility index (Phi) is 7.19. The van der Waals surface area contributed by atoms with Gasteiger partial charge in [0, 0.05) is 24.3 Å². The van der Waals surface area contributed by atoms with Gasteiger partial charge in [-0.2, -0.15) is 0 Å². The number of pyridine rings is 1. The molecule has 4 rings (SSSR count). The predicted octanol–water partition coefficient (Wildman–Crippen LogP) is 5.24. The van der Waals surface area contributed by atoms with Crippen LogP contribution in [0.4, 0.5) is 4.39 Å². The molecule has 5 heteroatoms. The molecule has 0 aliphatic carbocycles. The van der Waals surface area contributed by atoms with Crippen LogP contribution in [0, 0.1) is 11.2 Å². The minimum atomic E-state index is -0.440. The summed E-state index contributed by atoms with van der Waals surface area (Å²) in [7, 11) is 0. The van der Waals surface area contributed by atoms with Gasteiger partial charge >= 0.3 is 0 Å². The summed E-state index contributed by atoms with van der Waals surface area (Å²) >= 11 is 0. The first kappa shape index (κ1) is 23.1. The lowest BCUT2D eigenvalue weighted by molar-refractivity contribution is -0.134. The zero-order chi connectivity index (χ0) is 23.3. The Balaban J connectivity index is 1.49. The first-order valence-corrected chi connectivity index (χ1v) is 11.7. The summed E-state index contributed by atoms with van der Waals surface area (Å²) in [6, 6.07) is 20.9. The van der Waals surface area contributed by atoms with E-state index in [-0.39, 0.29) is 17.8 Å². The summed E-state index contributed by atoms with van der Waals surface area (Å²) in [5.74, 6) is -0.0912. The molecule has 1 fully saturated rings. The number of piperidine rings is 1. The van der Waals surface area contributed by atoms with Crippen LogP contribution in [-0.4, -0.2) is 34.9 Å². The largest absolute Gasteiger partial charge is 0.353 e. The summed E-state index contributed by atoms with van der Waals surface area (Å²) in [6.45, 7) is 6.53. The fraction of sp³-hybridized carbons (Fsp3) is 0.357. The molecule has 2 heterocycles. The van der Waals surface area contributed by atoms with Gasteiger partial charge in [-0.25, -0.2) is 4.39 Å². The van der Waals surface area contributed by atoms with Gasteiger partial charge in [0.1, 0.15) is 5.82 Å². The number of amides is 1. The minimum Gasteiger partial charge on any atom is -0.353 e. The lowest BCUT2D eigenvalue weighted by atomic mass is 9.72. The molecule has 1 aliphatic rings. The number of aromatic nitrogens is 1. The van der Waals surface area contributed by atoms with Crippen molar-refractivity contribution in [3.63, 3.8) is 0 Å². The Bertz CT molecular complexity index is 1060. The van der Waals surface area contributed by atoms with Crippen molar-refractivity contribution in [3.05, 3.63) is 90.0 Å². The third kappa shape index (κ3) is 5.66. The van der Waals surface area contributed by atoms with Gasteiger partial charge in [-0.05, 0) is 75.5 Å². The van der Waals surface area contributed by atoms with Gasteiger partial charge in [0.2, 0.25) is 5.91 Å². The van der Waals surface area contributed by atoms with E-state index in [4.69, 9.17) is 0 Å². The van der Waals surface area contributed by atoms with Crippen molar-refractivity contribution in [3.8, 4) is 11.1 Å². The Morgan fingerprint density at radius 3 is 2.36 bits per heavy atom. The SMILES string of the molecule is CC(C)NC(=O)C1(Cc2ccc(-c3ccccc3F)cc2)CCN(Cc2ccccn2)CC1. The number of likely N-dealkylation sites (tertiary alicyclic amines) is 1. The standard InChI is InChI=1S/C28H32FN3O/c1-21(2)31-27(33)28(14-17-32(18-15-28)20-24-7-5-6-16-30-24)19-22-10-12-23(13-11-22)25-8-3-4-9-26(25)29/h3-13,16,21H,14-15,17-20H2,1-2H3,(H,31,33). The summed E-state index contributed by atoms with van der Waals surface area (Å²) in [5, 5.41) is 3.16. The number of halogens is 1. The van der Waals surface area contributed by atoms with Crippen molar-refractivity contribution in [1.82, 2.24) is 15.2 Å². The molecule has 0 bridgehead atoms. The van der Waals surface area contributed by atoms with Crippen LogP contribution in [0.3, 0.4) is 0 Å². The van der Waals surface area contributed by atoms with E-state index < -0.39 is 5.41 Å². The van der Waals surface area contributed by atoms with Crippen LogP contribution in [0.5, 0.6) is 0 Å². The average Bonchev–Trinajstić information content (AvgIpc) is 2.82. The molecule has 0 atom stereocenters. The maximum atomic E-state index is 14.2. The fourth-order valence-electron chi connectivity index (χ4n) is 4.65. The third-order valence-electron chi connectivity index (χ3n) is 6.51. The number of nitrogens with zero attached hydrogens (tertiary/aromatic N) is 2. The molecule has 2 aromatic carbocycles. The molecule has 4 nitrogen and oxygen atoms in total. The van der Waals surface area contributed by atoms with Crippen molar-refractivity contribution < 1.29 is 9.18 Å². The lowest BCUT2D eigenvalue weighted by Crippen LogP contribution is -2.51. The average molecular weight is 446 g/mol. The molecule has 0 unspecified atom stereocenters. The molecule has 0 spiro atoms. The van der Waals surface area contributed by atoms with Crippen LogP contribution >= 0.6 is 0 Å². The van der Waals surface area contributed by atoms with Crippen molar-refractivity contribution in [1.29, 1.82) is 0 Å². The van der Waals surface area contributed by atoms with Crippen LogP contribution in [0.1, 0.15) is 37.9 Å². The zero-order valence-corrected chi connectivity index (χ0v) is 19.4. The van der Waals surface area contributed by atoms with Crippen LogP contribution < -0.4 is 5.32 Å². The molecule has 172 valence electrons. The van der Waals surface area contributed by atoms with Gasteiger partial charge in [-0.15, -0.1) is 0 Å². The van der Waals surface area contributed by atoms with E-state index in [1.54, 1.807) is 12.1 Å². The predicted molar refractivity (Wildman–Crippen MR) is 130 cm³/mol. The topological polar surface area (TPSA) is 45.2 Å². The zero-order valence-electron chi connectivity index (χ0n) is 19.4. The smallest absolute Gasteiger partial charge is 0.226 e. The maximum Gasteiger partial charge on any atom is 0.226 e. The van der Waals surface area contributed by atoms with Crippen molar-refractivity contribution in [2.75, 3.05) is 13.1 Å². The summed E-state index contributed by atoms with van der Waals surface area (Å²) in [5.41, 5.74) is 3.17. The Morgan fingerprint density at radius 2 is 1.73 bits per heavy atom. The van der Waals surface area contributed by atoms with Crippen LogP contribution in [0.2, 0.25) is 0 Å². The van der Waals surface area contributed by atoms with Crippen LogP contribution in [0.25, 0.3) is 11.1 Å². The second-order valence-electron chi connectivity index (χ2n) is 9.36. The van der Waals surface area contributed by atoms with E-state index in [0.29, 0.717) is 12.0 Å². The van der Waals surface area contributed by atoms with E-state index in [9.17, 15) is 9.18 Å². The van der Waals surface area contributed by atoms with Gasteiger partial charge in [0.05, 0.1) is 11.1 Å². The molecular weight excluding hydrogens is 413 g/mol. The summed E-state index contributed by atoms with van der Waals surface area (Å²) in [6.07, 6.45) is 4.10. The van der Waals surface area contributed by atoms with Crippen LogP contribution in [-0.2, 0) is 17.8 Å². The van der Waals surface area contributed by atoms with Gasteiger partial charge < -0.3 is 5.32 Å². The number of carbonyl (C=O) groups is 1. The maximum absolute atomic E-state index is 14.2. The quantitative estimate of drug-likeness (QED) is 0.541. The van der Waals surface area contributed by atoms with E-state index in [1.807, 2.05) is 68.6 Å². The van der Waals surface area contributed by atoms with Crippen molar-refractivity contribution in [2.24, 2.45) is 5.41 Å². The molecular formula is C28H32FN3O.